The first-order valence-electron chi connectivity index (χ1n) is 7.88. The van der Waals surface area contributed by atoms with E-state index in [9.17, 15) is 8.42 Å². The van der Waals surface area contributed by atoms with Gasteiger partial charge < -0.3 is 4.52 Å². The molecule has 0 aliphatic heterocycles. The second kappa shape index (κ2) is 6.65. The van der Waals surface area contributed by atoms with E-state index < -0.39 is 10.0 Å². The summed E-state index contributed by atoms with van der Waals surface area (Å²) in [7, 11) is -3.82. The van der Waals surface area contributed by atoms with Crippen molar-refractivity contribution in [2.75, 3.05) is 4.72 Å². The van der Waals surface area contributed by atoms with E-state index in [-0.39, 0.29) is 4.90 Å². The van der Waals surface area contributed by atoms with Crippen molar-refractivity contribution < 1.29 is 12.9 Å². The molecule has 0 atom stereocenters. The number of benzene rings is 2. The van der Waals surface area contributed by atoms with E-state index in [4.69, 9.17) is 9.78 Å². The highest BCUT2D eigenvalue weighted by atomic mass is 32.2. The van der Waals surface area contributed by atoms with E-state index in [0.717, 1.165) is 11.1 Å². The number of rotatable bonds is 4. The van der Waals surface area contributed by atoms with Gasteiger partial charge in [-0.05, 0) is 56.2 Å². The minimum Gasteiger partial charge on any atom is -0.361 e. The normalized spacial score (nSPS) is 11.2. The molecule has 0 spiro atoms. The number of aromatic nitrogens is 1. The molecule has 2 aromatic carbocycles. The van der Waals surface area contributed by atoms with Gasteiger partial charge in [-0.1, -0.05) is 23.4 Å². The van der Waals surface area contributed by atoms with Crippen LogP contribution in [-0.4, -0.2) is 13.6 Å². The highest BCUT2D eigenvalue weighted by Crippen LogP contribution is 2.30. The summed E-state index contributed by atoms with van der Waals surface area (Å²) in [6.45, 7) is 5.33. The third kappa shape index (κ3) is 3.32. The van der Waals surface area contributed by atoms with Gasteiger partial charge in [0.15, 0.2) is 0 Å². The maximum absolute atomic E-state index is 12.9. The fraction of sp³-hybridized carbons (Fsp3) is 0.158. The van der Waals surface area contributed by atoms with Crippen LogP contribution in [0.5, 0.6) is 0 Å². The summed E-state index contributed by atoms with van der Waals surface area (Å²) in [5.74, 6) is 0.629. The highest BCUT2D eigenvalue weighted by Gasteiger charge is 2.20. The van der Waals surface area contributed by atoms with Crippen LogP contribution >= 0.6 is 0 Å². The largest absolute Gasteiger partial charge is 0.361 e. The van der Waals surface area contributed by atoms with E-state index in [1.807, 2.05) is 19.1 Å². The van der Waals surface area contributed by atoms with Crippen molar-refractivity contribution in [3.05, 3.63) is 65.0 Å². The van der Waals surface area contributed by atoms with Crippen molar-refractivity contribution in [2.45, 2.75) is 25.7 Å². The lowest BCUT2D eigenvalue weighted by molar-refractivity contribution is 0.393. The standard InChI is InChI=1S/C19H17N3O3S/c1-12-7-8-16(19-13(2)21-25-14(19)3)10-18(12)26(23,24)22-17-6-4-5-15(9-17)11-20/h4-10,22H,1-3H3. The van der Waals surface area contributed by atoms with E-state index in [1.54, 1.807) is 44.2 Å². The van der Waals surface area contributed by atoms with Gasteiger partial charge in [-0.25, -0.2) is 8.42 Å². The Morgan fingerprint density at radius 2 is 1.88 bits per heavy atom. The van der Waals surface area contributed by atoms with Crippen LogP contribution in [0, 0.1) is 32.1 Å². The van der Waals surface area contributed by atoms with Gasteiger partial charge in [0, 0.05) is 5.56 Å². The number of sulfonamides is 1. The van der Waals surface area contributed by atoms with Crippen LogP contribution in [0.2, 0.25) is 0 Å². The molecular formula is C19H17N3O3S. The summed E-state index contributed by atoms with van der Waals surface area (Å²) < 4.78 is 33.5. The Labute approximate surface area is 152 Å². The van der Waals surface area contributed by atoms with Gasteiger partial charge in [-0.2, -0.15) is 5.26 Å². The van der Waals surface area contributed by atoms with Crippen molar-refractivity contribution in [1.82, 2.24) is 5.16 Å². The topological polar surface area (TPSA) is 96.0 Å². The van der Waals surface area contributed by atoms with Crippen molar-refractivity contribution in [3.63, 3.8) is 0 Å². The van der Waals surface area contributed by atoms with Crippen molar-refractivity contribution >= 4 is 15.7 Å². The van der Waals surface area contributed by atoms with Gasteiger partial charge in [0.1, 0.15) is 5.76 Å². The Kier molecular flexibility index (Phi) is 4.53. The number of aryl methyl sites for hydroxylation is 3. The monoisotopic (exact) mass is 367 g/mol. The molecule has 132 valence electrons. The van der Waals surface area contributed by atoms with E-state index in [2.05, 4.69) is 9.88 Å². The molecule has 0 amide bonds. The van der Waals surface area contributed by atoms with Gasteiger partial charge >= 0.3 is 0 Å². The zero-order valence-electron chi connectivity index (χ0n) is 14.6. The Hall–Kier alpha value is -3.11. The highest BCUT2D eigenvalue weighted by molar-refractivity contribution is 7.92. The van der Waals surface area contributed by atoms with E-state index >= 15 is 0 Å². The molecule has 0 unspecified atom stereocenters. The number of hydrogen-bond acceptors (Lipinski definition) is 5. The molecule has 1 N–H and O–H groups in total. The molecule has 1 heterocycles. The lowest BCUT2D eigenvalue weighted by Crippen LogP contribution is -2.14. The number of nitrogens with one attached hydrogen (secondary N) is 1. The average molecular weight is 367 g/mol. The molecule has 0 fully saturated rings. The van der Waals surface area contributed by atoms with Crippen LogP contribution in [0.4, 0.5) is 5.69 Å². The maximum atomic E-state index is 12.9. The van der Waals surface area contributed by atoms with E-state index in [0.29, 0.717) is 28.3 Å². The molecule has 3 aromatic rings. The Morgan fingerprint density at radius 1 is 1.12 bits per heavy atom. The molecule has 7 heteroatoms. The van der Waals surface area contributed by atoms with Crippen LogP contribution in [0.3, 0.4) is 0 Å². The summed E-state index contributed by atoms with van der Waals surface area (Å²) in [4.78, 5) is 0.164. The maximum Gasteiger partial charge on any atom is 0.262 e. The minimum absolute atomic E-state index is 0.164. The fourth-order valence-electron chi connectivity index (χ4n) is 2.80. The number of nitriles is 1. The zero-order valence-corrected chi connectivity index (χ0v) is 15.4. The van der Waals surface area contributed by atoms with Crippen LogP contribution < -0.4 is 4.72 Å². The first kappa shape index (κ1) is 17.7. The van der Waals surface area contributed by atoms with E-state index in [1.165, 1.54) is 6.07 Å². The quantitative estimate of drug-likeness (QED) is 0.753. The first-order chi connectivity index (χ1) is 12.3. The predicted molar refractivity (Wildman–Crippen MR) is 98.1 cm³/mol. The second-order valence-electron chi connectivity index (χ2n) is 5.98. The summed E-state index contributed by atoms with van der Waals surface area (Å²) >= 11 is 0. The Bertz CT molecular complexity index is 1110. The minimum atomic E-state index is -3.82. The lowest BCUT2D eigenvalue weighted by Gasteiger charge is -2.12. The van der Waals surface area contributed by atoms with Crippen LogP contribution in [-0.2, 0) is 10.0 Å². The van der Waals surface area contributed by atoms with Crippen LogP contribution in [0.15, 0.2) is 51.9 Å². The number of nitrogens with zero attached hydrogens (tertiary/aromatic N) is 2. The molecule has 1 aromatic heterocycles. The number of anilines is 1. The lowest BCUT2D eigenvalue weighted by atomic mass is 10.0. The van der Waals surface area contributed by atoms with Crippen molar-refractivity contribution in [3.8, 4) is 17.2 Å². The summed E-state index contributed by atoms with van der Waals surface area (Å²) in [5, 5.41) is 12.9. The zero-order chi connectivity index (χ0) is 18.9. The third-order valence-electron chi connectivity index (χ3n) is 4.04. The third-order valence-corrected chi connectivity index (χ3v) is 5.57. The summed E-state index contributed by atoms with van der Waals surface area (Å²) in [6, 6.07) is 13.5. The molecule has 26 heavy (non-hydrogen) atoms. The van der Waals surface area contributed by atoms with Crippen LogP contribution in [0.25, 0.3) is 11.1 Å². The molecule has 0 aliphatic rings. The Balaban J connectivity index is 2.05. The summed E-state index contributed by atoms with van der Waals surface area (Å²) in [5.41, 5.74) is 3.54. The van der Waals surface area contributed by atoms with Gasteiger partial charge in [-0.3, -0.25) is 4.72 Å². The molecule has 3 rings (SSSR count). The van der Waals surface area contributed by atoms with Gasteiger partial charge in [-0.15, -0.1) is 0 Å². The molecule has 6 nitrogen and oxygen atoms in total. The molecule has 0 aliphatic carbocycles. The van der Waals surface area contributed by atoms with Crippen LogP contribution in [0.1, 0.15) is 22.6 Å². The first-order valence-corrected chi connectivity index (χ1v) is 9.37. The second-order valence-corrected chi connectivity index (χ2v) is 7.63. The average Bonchev–Trinajstić information content (AvgIpc) is 2.94. The summed E-state index contributed by atoms with van der Waals surface area (Å²) in [6.07, 6.45) is 0. The molecule has 0 radical (unpaired) electrons. The molecule has 0 saturated heterocycles. The smallest absolute Gasteiger partial charge is 0.262 e. The molecule has 0 bridgehead atoms. The van der Waals surface area contributed by atoms with Gasteiger partial charge in [0.05, 0.1) is 27.9 Å². The van der Waals surface area contributed by atoms with Gasteiger partial charge in [0.25, 0.3) is 10.0 Å². The van der Waals surface area contributed by atoms with Crippen molar-refractivity contribution in [1.29, 1.82) is 5.26 Å². The number of hydrogen-bond donors (Lipinski definition) is 1. The molecule has 0 saturated carbocycles. The van der Waals surface area contributed by atoms with Crippen molar-refractivity contribution in [2.24, 2.45) is 0 Å². The molecular weight excluding hydrogens is 350 g/mol. The fourth-order valence-corrected chi connectivity index (χ4v) is 4.12. The Morgan fingerprint density at radius 3 is 2.54 bits per heavy atom. The predicted octanol–water partition coefficient (Wildman–Crippen LogP) is 3.94. The van der Waals surface area contributed by atoms with Gasteiger partial charge in [0.2, 0.25) is 0 Å². The SMILES string of the molecule is Cc1ccc(-c2c(C)noc2C)cc1S(=O)(=O)Nc1cccc(C#N)c1.